The Labute approximate surface area is 209 Å². The fraction of sp³-hybridized carbons (Fsp3) is 0.259. The number of nitrogens with zero attached hydrogens (tertiary/aromatic N) is 1. The van der Waals surface area contributed by atoms with Crippen molar-refractivity contribution < 1.29 is 38.4 Å². The SMILES string of the molecule is COc1ccc(C(=O)O)c(OCC(=O)N(Cc2ccccc2)Cc2cc(OC)c(OC)cc2OC)c1. The number of carboxylic acid groups (broad SMARTS) is 1. The van der Waals surface area contributed by atoms with Gasteiger partial charge < -0.3 is 33.7 Å². The van der Waals surface area contributed by atoms with Crippen LogP contribution < -0.4 is 23.7 Å². The first-order valence-electron chi connectivity index (χ1n) is 11.0. The van der Waals surface area contributed by atoms with Crippen molar-refractivity contribution in [1.29, 1.82) is 0 Å². The lowest BCUT2D eigenvalue weighted by molar-refractivity contribution is -0.134. The zero-order valence-electron chi connectivity index (χ0n) is 20.6. The molecule has 36 heavy (non-hydrogen) atoms. The van der Waals surface area contributed by atoms with Gasteiger partial charge in [-0.15, -0.1) is 0 Å². The number of rotatable bonds is 12. The highest BCUT2D eigenvalue weighted by Crippen LogP contribution is 2.35. The maximum atomic E-state index is 13.4. The topological polar surface area (TPSA) is 104 Å². The normalized spacial score (nSPS) is 10.3. The van der Waals surface area contributed by atoms with E-state index in [4.69, 9.17) is 23.7 Å². The lowest BCUT2D eigenvalue weighted by atomic mass is 10.1. The molecule has 0 atom stereocenters. The van der Waals surface area contributed by atoms with Gasteiger partial charge in [-0.25, -0.2) is 4.79 Å². The van der Waals surface area contributed by atoms with Gasteiger partial charge >= 0.3 is 5.97 Å². The molecule has 1 amide bonds. The van der Waals surface area contributed by atoms with Gasteiger partial charge in [-0.2, -0.15) is 0 Å². The Bertz CT molecular complexity index is 1200. The first-order valence-corrected chi connectivity index (χ1v) is 11.0. The van der Waals surface area contributed by atoms with E-state index in [-0.39, 0.29) is 30.4 Å². The fourth-order valence-electron chi connectivity index (χ4n) is 3.61. The van der Waals surface area contributed by atoms with Gasteiger partial charge in [-0.3, -0.25) is 4.79 Å². The van der Waals surface area contributed by atoms with E-state index in [9.17, 15) is 14.7 Å². The molecule has 3 rings (SSSR count). The van der Waals surface area contributed by atoms with Gasteiger partial charge in [0.25, 0.3) is 5.91 Å². The highest BCUT2D eigenvalue weighted by molar-refractivity contribution is 5.91. The van der Waals surface area contributed by atoms with E-state index in [1.165, 1.54) is 46.6 Å². The van der Waals surface area contributed by atoms with E-state index >= 15 is 0 Å². The van der Waals surface area contributed by atoms with Crippen LogP contribution in [0.4, 0.5) is 0 Å². The summed E-state index contributed by atoms with van der Waals surface area (Å²) in [7, 11) is 6.06. The molecule has 190 valence electrons. The number of carboxylic acids is 1. The molecule has 0 aliphatic carbocycles. The van der Waals surface area contributed by atoms with Crippen molar-refractivity contribution in [2.75, 3.05) is 35.0 Å². The van der Waals surface area contributed by atoms with Crippen LogP contribution in [0.15, 0.2) is 60.7 Å². The molecule has 1 N–H and O–H groups in total. The highest BCUT2D eigenvalue weighted by atomic mass is 16.5. The summed E-state index contributed by atoms with van der Waals surface area (Å²) in [6.07, 6.45) is 0. The Morgan fingerprint density at radius 1 is 0.750 bits per heavy atom. The van der Waals surface area contributed by atoms with Gasteiger partial charge in [-0.05, 0) is 23.8 Å². The molecule has 9 heteroatoms. The van der Waals surface area contributed by atoms with Crippen LogP contribution in [0.1, 0.15) is 21.5 Å². The molecule has 0 radical (unpaired) electrons. The molecule has 0 spiro atoms. The Morgan fingerprint density at radius 3 is 2.03 bits per heavy atom. The third-order valence-electron chi connectivity index (χ3n) is 5.49. The number of benzene rings is 3. The standard InChI is InChI=1S/C27H29NO8/c1-32-20-10-11-21(27(30)31)23(13-20)36-17-26(29)28(15-18-8-6-5-7-9-18)16-19-12-24(34-3)25(35-4)14-22(19)33-2/h5-14H,15-17H2,1-4H3,(H,30,31). The van der Waals surface area contributed by atoms with Crippen LogP contribution in [-0.4, -0.2) is 56.9 Å². The number of aromatic carboxylic acids is 1. The number of carbonyl (C=O) groups is 2. The van der Waals surface area contributed by atoms with Crippen LogP contribution in [0, 0.1) is 0 Å². The predicted octanol–water partition coefficient (Wildman–Crippen LogP) is 4.03. The molecule has 0 bridgehead atoms. The van der Waals surface area contributed by atoms with E-state index < -0.39 is 5.97 Å². The molecular formula is C27H29NO8. The number of hydrogen-bond acceptors (Lipinski definition) is 7. The summed E-state index contributed by atoms with van der Waals surface area (Å²) in [5.74, 6) is 0.462. The van der Waals surface area contributed by atoms with Crippen LogP contribution in [0.25, 0.3) is 0 Å². The molecule has 0 aliphatic rings. The maximum absolute atomic E-state index is 13.4. The average Bonchev–Trinajstić information content (AvgIpc) is 2.91. The molecule has 0 heterocycles. The number of carbonyl (C=O) groups excluding carboxylic acids is 1. The Morgan fingerprint density at radius 2 is 1.42 bits per heavy atom. The summed E-state index contributed by atoms with van der Waals surface area (Å²) in [5.41, 5.74) is 1.55. The second-order valence-corrected chi connectivity index (χ2v) is 7.71. The summed E-state index contributed by atoms with van der Waals surface area (Å²) < 4.78 is 27.1. The third-order valence-corrected chi connectivity index (χ3v) is 5.49. The Hall–Kier alpha value is -4.40. The average molecular weight is 496 g/mol. The van der Waals surface area contributed by atoms with Crippen molar-refractivity contribution >= 4 is 11.9 Å². The van der Waals surface area contributed by atoms with Crippen LogP contribution in [-0.2, 0) is 17.9 Å². The minimum Gasteiger partial charge on any atom is -0.497 e. The van der Waals surface area contributed by atoms with Crippen LogP contribution in [0.5, 0.6) is 28.7 Å². The second-order valence-electron chi connectivity index (χ2n) is 7.71. The summed E-state index contributed by atoms with van der Waals surface area (Å²) >= 11 is 0. The Kier molecular flexibility index (Phi) is 8.99. The van der Waals surface area contributed by atoms with Crippen molar-refractivity contribution in [2.45, 2.75) is 13.1 Å². The number of amides is 1. The molecule has 0 saturated heterocycles. The van der Waals surface area contributed by atoms with E-state index in [0.717, 1.165) is 5.56 Å². The lowest BCUT2D eigenvalue weighted by Crippen LogP contribution is -2.34. The minimum absolute atomic E-state index is 0.0403. The van der Waals surface area contributed by atoms with Gasteiger partial charge in [0.05, 0.1) is 28.4 Å². The van der Waals surface area contributed by atoms with E-state index in [1.807, 2.05) is 30.3 Å². The maximum Gasteiger partial charge on any atom is 0.339 e. The monoisotopic (exact) mass is 495 g/mol. The molecule has 3 aromatic carbocycles. The van der Waals surface area contributed by atoms with Gasteiger partial charge in [0.2, 0.25) is 0 Å². The van der Waals surface area contributed by atoms with E-state index in [0.29, 0.717) is 35.1 Å². The van der Waals surface area contributed by atoms with Crippen molar-refractivity contribution in [3.8, 4) is 28.7 Å². The molecule has 0 fully saturated rings. The molecule has 0 saturated carbocycles. The van der Waals surface area contributed by atoms with E-state index in [1.54, 1.807) is 17.0 Å². The van der Waals surface area contributed by atoms with Gasteiger partial charge in [-0.1, -0.05) is 30.3 Å². The smallest absolute Gasteiger partial charge is 0.339 e. The largest absolute Gasteiger partial charge is 0.497 e. The lowest BCUT2D eigenvalue weighted by Gasteiger charge is -2.25. The molecule has 0 aliphatic heterocycles. The predicted molar refractivity (Wildman–Crippen MR) is 132 cm³/mol. The van der Waals surface area contributed by atoms with E-state index in [2.05, 4.69) is 0 Å². The second kappa shape index (κ2) is 12.3. The van der Waals surface area contributed by atoms with Gasteiger partial charge in [0.1, 0.15) is 22.8 Å². The quantitative estimate of drug-likeness (QED) is 0.402. The third kappa shape index (κ3) is 6.38. The number of ether oxygens (including phenoxy) is 5. The van der Waals surface area contributed by atoms with Gasteiger partial charge in [0, 0.05) is 30.8 Å². The van der Waals surface area contributed by atoms with Crippen molar-refractivity contribution in [2.24, 2.45) is 0 Å². The number of hydrogen-bond donors (Lipinski definition) is 1. The summed E-state index contributed by atoms with van der Waals surface area (Å²) in [6.45, 7) is 0.102. The molecular weight excluding hydrogens is 466 g/mol. The van der Waals surface area contributed by atoms with Crippen LogP contribution >= 0.6 is 0 Å². The van der Waals surface area contributed by atoms with Crippen molar-refractivity contribution in [1.82, 2.24) is 4.90 Å². The summed E-state index contributed by atoms with van der Waals surface area (Å²) in [6, 6.07) is 17.3. The van der Waals surface area contributed by atoms with Crippen molar-refractivity contribution in [3.63, 3.8) is 0 Å². The van der Waals surface area contributed by atoms with Gasteiger partial charge in [0.15, 0.2) is 18.1 Å². The fourth-order valence-corrected chi connectivity index (χ4v) is 3.61. The summed E-state index contributed by atoms with van der Waals surface area (Å²) in [4.78, 5) is 26.6. The zero-order valence-corrected chi connectivity index (χ0v) is 20.6. The minimum atomic E-state index is -1.17. The molecule has 0 unspecified atom stereocenters. The summed E-state index contributed by atoms with van der Waals surface area (Å²) in [5, 5.41) is 9.49. The molecule has 3 aromatic rings. The first kappa shape index (κ1) is 26.2. The zero-order chi connectivity index (χ0) is 26.1. The van der Waals surface area contributed by atoms with Crippen LogP contribution in [0.2, 0.25) is 0 Å². The first-order chi connectivity index (χ1) is 17.4. The number of methoxy groups -OCH3 is 4. The molecule has 9 nitrogen and oxygen atoms in total. The Balaban J connectivity index is 1.89. The highest BCUT2D eigenvalue weighted by Gasteiger charge is 2.21. The molecule has 0 aromatic heterocycles. The van der Waals surface area contributed by atoms with Crippen LogP contribution in [0.3, 0.4) is 0 Å². The van der Waals surface area contributed by atoms with Crippen molar-refractivity contribution in [3.05, 3.63) is 77.4 Å².